The van der Waals surface area contributed by atoms with Crippen LogP contribution in [0.2, 0.25) is 0 Å². The summed E-state index contributed by atoms with van der Waals surface area (Å²) in [5, 5.41) is 16.0. The summed E-state index contributed by atoms with van der Waals surface area (Å²) in [7, 11) is 0. The van der Waals surface area contributed by atoms with E-state index < -0.39 is 0 Å². The quantitative estimate of drug-likeness (QED) is 0.824. The van der Waals surface area contributed by atoms with E-state index in [-0.39, 0.29) is 5.91 Å². The Hall–Kier alpha value is -1.95. The maximum Gasteiger partial charge on any atom is 0.230 e. The summed E-state index contributed by atoms with van der Waals surface area (Å²) in [5.74, 6) is 1.78. The molecular weight excluding hydrogens is 284 g/mol. The molecule has 0 fully saturated rings. The number of carbonyl (C=O) groups is 1. The molecule has 21 heavy (non-hydrogen) atoms. The van der Waals surface area contributed by atoms with Crippen molar-refractivity contribution in [2.24, 2.45) is 5.92 Å². The fourth-order valence-electron chi connectivity index (χ4n) is 1.74. The highest BCUT2D eigenvalue weighted by atomic mass is 32.1. The second kappa shape index (κ2) is 7.73. The predicted octanol–water partition coefficient (Wildman–Crippen LogP) is 3.18. The lowest BCUT2D eigenvalue weighted by atomic mass is 10.1. The van der Waals surface area contributed by atoms with Crippen LogP contribution in [-0.2, 0) is 11.2 Å². The van der Waals surface area contributed by atoms with Gasteiger partial charge in [0.15, 0.2) is 5.82 Å². The van der Waals surface area contributed by atoms with Gasteiger partial charge < -0.3 is 10.6 Å². The van der Waals surface area contributed by atoms with Gasteiger partial charge in [0.05, 0.1) is 6.42 Å². The minimum Gasteiger partial charge on any atom is -0.369 e. The first-order valence-corrected chi connectivity index (χ1v) is 7.91. The van der Waals surface area contributed by atoms with Crippen LogP contribution in [0.1, 0.15) is 25.1 Å². The summed E-state index contributed by atoms with van der Waals surface area (Å²) in [6.45, 7) is 5.23. The average Bonchev–Trinajstić information content (AvgIpc) is 2.93. The first-order chi connectivity index (χ1) is 10.1. The van der Waals surface area contributed by atoms with E-state index in [9.17, 15) is 4.79 Å². The van der Waals surface area contributed by atoms with Gasteiger partial charge in [-0.05, 0) is 35.9 Å². The maximum atomic E-state index is 11.8. The molecule has 5 nitrogen and oxygen atoms in total. The number of carbonyl (C=O) groups excluding carboxylic acids is 1. The van der Waals surface area contributed by atoms with Crippen LogP contribution in [0.3, 0.4) is 0 Å². The minimum atomic E-state index is -0.0766. The van der Waals surface area contributed by atoms with Gasteiger partial charge in [0, 0.05) is 11.4 Å². The Morgan fingerprint density at radius 1 is 1.24 bits per heavy atom. The lowest BCUT2D eigenvalue weighted by Crippen LogP contribution is -2.15. The van der Waals surface area contributed by atoms with Gasteiger partial charge in [-0.1, -0.05) is 19.9 Å². The summed E-state index contributed by atoms with van der Waals surface area (Å²) < 4.78 is 0. The molecule has 2 N–H and O–H groups in total. The van der Waals surface area contributed by atoms with E-state index in [2.05, 4.69) is 34.7 Å². The smallest absolute Gasteiger partial charge is 0.230 e. The molecule has 0 spiro atoms. The molecule has 0 bridgehead atoms. The fourth-order valence-corrected chi connectivity index (χ4v) is 2.44. The zero-order valence-electron chi connectivity index (χ0n) is 12.3. The summed E-state index contributed by atoms with van der Waals surface area (Å²) >= 11 is 1.57. The van der Waals surface area contributed by atoms with Crippen molar-refractivity contribution in [2.75, 3.05) is 17.2 Å². The minimum absolute atomic E-state index is 0.0766. The van der Waals surface area contributed by atoms with Crippen molar-refractivity contribution >= 4 is 28.9 Å². The van der Waals surface area contributed by atoms with Gasteiger partial charge in [-0.25, -0.2) is 0 Å². The number of hydrogen-bond acceptors (Lipinski definition) is 5. The summed E-state index contributed by atoms with van der Waals surface area (Å²) in [6, 6.07) is 7.47. The normalized spacial score (nSPS) is 10.6. The number of hydrogen-bond donors (Lipinski definition) is 2. The molecule has 0 radical (unpaired) electrons. The molecule has 2 aromatic rings. The van der Waals surface area contributed by atoms with Crippen LogP contribution in [0.4, 0.5) is 11.6 Å². The third-order valence-electron chi connectivity index (χ3n) is 2.87. The first-order valence-electron chi connectivity index (χ1n) is 7.03. The lowest BCUT2D eigenvalue weighted by molar-refractivity contribution is -0.115. The Kier molecular flexibility index (Phi) is 5.68. The summed E-state index contributed by atoms with van der Waals surface area (Å²) in [4.78, 5) is 12.9. The standard InChI is InChI=1S/C15H20N4OS/c1-11(2)7-8-16-13-5-6-14(19-18-13)17-15(20)10-12-4-3-9-21-12/h3-6,9,11H,7-8,10H2,1-2H3,(H,16,18)(H,17,19,20). The van der Waals surface area contributed by atoms with Gasteiger partial charge >= 0.3 is 0 Å². The van der Waals surface area contributed by atoms with E-state index in [4.69, 9.17) is 0 Å². The highest BCUT2D eigenvalue weighted by Crippen LogP contribution is 2.11. The van der Waals surface area contributed by atoms with Gasteiger partial charge in [0.1, 0.15) is 5.82 Å². The van der Waals surface area contributed by atoms with Crippen molar-refractivity contribution in [3.63, 3.8) is 0 Å². The lowest BCUT2D eigenvalue weighted by Gasteiger charge is -2.07. The number of anilines is 2. The van der Waals surface area contributed by atoms with Gasteiger partial charge in [-0.2, -0.15) is 0 Å². The largest absolute Gasteiger partial charge is 0.369 e. The van der Waals surface area contributed by atoms with Gasteiger partial charge in [0.25, 0.3) is 0 Å². The molecule has 0 aliphatic carbocycles. The van der Waals surface area contributed by atoms with Gasteiger partial charge in [0.2, 0.25) is 5.91 Å². The number of thiophene rings is 1. The molecule has 2 heterocycles. The Labute approximate surface area is 128 Å². The predicted molar refractivity (Wildman–Crippen MR) is 86.6 cm³/mol. The van der Waals surface area contributed by atoms with E-state index in [1.807, 2.05) is 23.6 Å². The molecule has 0 saturated carbocycles. The van der Waals surface area contributed by atoms with Crippen molar-refractivity contribution in [3.8, 4) is 0 Å². The van der Waals surface area contributed by atoms with Crippen LogP contribution in [0, 0.1) is 5.92 Å². The molecule has 6 heteroatoms. The average molecular weight is 304 g/mol. The molecule has 0 aliphatic heterocycles. The number of aromatic nitrogens is 2. The first kappa shape index (κ1) is 15.4. The highest BCUT2D eigenvalue weighted by molar-refractivity contribution is 7.10. The van der Waals surface area contributed by atoms with Crippen molar-refractivity contribution in [2.45, 2.75) is 26.7 Å². The molecule has 2 rings (SSSR count). The molecule has 0 unspecified atom stereocenters. The molecule has 2 aromatic heterocycles. The Bertz CT molecular complexity index is 552. The van der Waals surface area contributed by atoms with Crippen molar-refractivity contribution in [1.29, 1.82) is 0 Å². The number of nitrogens with zero attached hydrogens (tertiary/aromatic N) is 2. The third-order valence-corrected chi connectivity index (χ3v) is 3.75. The van der Waals surface area contributed by atoms with E-state index in [0.717, 1.165) is 23.7 Å². The van der Waals surface area contributed by atoms with Crippen LogP contribution in [0.5, 0.6) is 0 Å². The molecular formula is C15H20N4OS. The number of nitrogens with one attached hydrogen (secondary N) is 2. The maximum absolute atomic E-state index is 11.8. The zero-order valence-corrected chi connectivity index (χ0v) is 13.1. The van der Waals surface area contributed by atoms with Gasteiger partial charge in [-0.15, -0.1) is 21.5 Å². The van der Waals surface area contributed by atoms with E-state index in [0.29, 0.717) is 18.2 Å². The van der Waals surface area contributed by atoms with E-state index >= 15 is 0 Å². The van der Waals surface area contributed by atoms with E-state index in [1.165, 1.54) is 0 Å². The van der Waals surface area contributed by atoms with Gasteiger partial charge in [-0.3, -0.25) is 4.79 Å². The van der Waals surface area contributed by atoms with Crippen molar-refractivity contribution in [3.05, 3.63) is 34.5 Å². The van der Waals surface area contributed by atoms with Crippen molar-refractivity contribution < 1.29 is 4.79 Å². The van der Waals surface area contributed by atoms with E-state index in [1.54, 1.807) is 17.4 Å². The van der Waals surface area contributed by atoms with Crippen LogP contribution >= 0.6 is 11.3 Å². The fraction of sp³-hybridized carbons (Fsp3) is 0.400. The molecule has 0 atom stereocenters. The number of rotatable bonds is 7. The second-order valence-corrected chi connectivity index (χ2v) is 6.25. The Balaban J connectivity index is 1.80. The molecule has 112 valence electrons. The van der Waals surface area contributed by atoms with Crippen LogP contribution < -0.4 is 10.6 Å². The summed E-state index contributed by atoms with van der Waals surface area (Å²) in [5.41, 5.74) is 0. The van der Waals surface area contributed by atoms with Crippen LogP contribution in [0.25, 0.3) is 0 Å². The Morgan fingerprint density at radius 2 is 2.00 bits per heavy atom. The van der Waals surface area contributed by atoms with Crippen molar-refractivity contribution in [1.82, 2.24) is 10.2 Å². The number of amides is 1. The SMILES string of the molecule is CC(C)CCNc1ccc(NC(=O)Cc2cccs2)nn1. The second-order valence-electron chi connectivity index (χ2n) is 5.22. The van der Waals surface area contributed by atoms with Crippen LogP contribution in [-0.4, -0.2) is 22.6 Å². The molecule has 0 aliphatic rings. The zero-order chi connectivity index (χ0) is 15.1. The third kappa shape index (κ3) is 5.51. The highest BCUT2D eigenvalue weighted by Gasteiger charge is 2.06. The molecule has 0 aromatic carbocycles. The topological polar surface area (TPSA) is 66.9 Å². The molecule has 0 saturated heterocycles. The monoisotopic (exact) mass is 304 g/mol. The molecule has 1 amide bonds. The Morgan fingerprint density at radius 3 is 2.62 bits per heavy atom. The van der Waals surface area contributed by atoms with Crippen LogP contribution in [0.15, 0.2) is 29.6 Å². The summed E-state index contributed by atoms with van der Waals surface area (Å²) in [6.07, 6.45) is 1.45.